The lowest BCUT2D eigenvalue weighted by molar-refractivity contribution is 0.626. The van der Waals surface area contributed by atoms with Gasteiger partial charge in [-0.3, -0.25) is 4.68 Å². The molecular weight excluding hydrogens is 251 g/mol. The van der Waals surface area contributed by atoms with Crippen molar-refractivity contribution in [3.63, 3.8) is 0 Å². The molecule has 4 nitrogen and oxygen atoms in total. The zero-order valence-electron chi connectivity index (χ0n) is 9.85. The smallest absolute Gasteiger partial charge is 0.135 e. The number of rotatable bonds is 4. The van der Waals surface area contributed by atoms with Crippen LogP contribution in [0.2, 0.25) is 0 Å². The van der Waals surface area contributed by atoms with E-state index >= 15 is 0 Å². The van der Waals surface area contributed by atoms with Gasteiger partial charge in [-0.25, -0.2) is 4.39 Å². The average Bonchev–Trinajstić information content (AvgIpc) is 2.76. The fourth-order valence-corrected chi connectivity index (χ4v) is 1.73. The van der Waals surface area contributed by atoms with E-state index in [1.807, 2.05) is 13.1 Å². The van der Waals surface area contributed by atoms with Gasteiger partial charge in [0, 0.05) is 24.0 Å². The molecule has 2 aromatic rings. The summed E-state index contributed by atoms with van der Waals surface area (Å²) in [5.74, 6) is -0.435. The van der Waals surface area contributed by atoms with Crippen LogP contribution in [0, 0.1) is 5.82 Å². The molecule has 2 rings (SSSR count). The Morgan fingerprint density at radius 3 is 2.83 bits per heavy atom. The number of halogens is 1. The quantitative estimate of drug-likeness (QED) is 0.833. The average molecular weight is 264 g/mol. The molecule has 0 saturated carbocycles. The molecule has 0 amide bonds. The van der Waals surface area contributed by atoms with Crippen molar-refractivity contribution in [3.8, 4) is 0 Å². The number of nitrogens with one attached hydrogen (secondary N) is 1. The van der Waals surface area contributed by atoms with E-state index in [2.05, 4.69) is 10.4 Å². The van der Waals surface area contributed by atoms with Crippen LogP contribution >= 0.6 is 12.2 Å². The van der Waals surface area contributed by atoms with Gasteiger partial charge in [-0.15, -0.1) is 0 Å². The van der Waals surface area contributed by atoms with Crippen LogP contribution in [0.3, 0.4) is 0 Å². The molecule has 1 heterocycles. The molecule has 6 heteroatoms. The first-order chi connectivity index (χ1) is 8.60. The minimum atomic E-state index is -0.435. The Balaban J connectivity index is 2.19. The van der Waals surface area contributed by atoms with Gasteiger partial charge in [-0.05, 0) is 25.1 Å². The lowest BCUT2D eigenvalue weighted by Crippen LogP contribution is -2.11. The van der Waals surface area contributed by atoms with Crippen molar-refractivity contribution in [2.24, 2.45) is 5.73 Å². The molecule has 0 spiro atoms. The van der Waals surface area contributed by atoms with E-state index in [1.165, 1.54) is 6.07 Å². The molecule has 1 aromatic carbocycles. The second-order valence-electron chi connectivity index (χ2n) is 3.77. The Hall–Kier alpha value is -1.95. The van der Waals surface area contributed by atoms with Gasteiger partial charge < -0.3 is 11.1 Å². The third-order valence-electron chi connectivity index (χ3n) is 2.48. The maximum absolute atomic E-state index is 13.6. The maximum atomic E-state index is 13.6. The van der Waals surface area contributed by atoms with E-state index in [9.17, 15) is 4.39 Å². The topological polar surface area (TPSA) is 55.9 Å². The van der Waals surface area contributed by atoms with Crippen LogP contribution < -0.4 is 11.1 Å². The molecule has 0 aliphatic rings. The minimum Gasteiger partial charge on any atom is -0.389 e. The van der Waals surface area contributed by atoms with Gasteiger partial charge in [0.25, 0.3) is 0 Å². The lowest BCUT2D eigenvalue weighted by atomic mass is 10.2. The molecule has 94 valence electrons. The number of anilines is 2. The first-order valence-corrected chi connectivity index (χ1v) is 5.90. The highest BCUT2D eigenvalue weighted by Gasteiger charge is 2.06. The van der Waals surface area contributed by atoms with Gasteiger partial charge in [0.1, 0.15) is 10.8 Å². The molecular formula is C12H13FN4S. The van der Waals surface area contributed by atoms with Crippen LogP contribution in [-0.4, -0.2) is 14.8 Å². The van der Waals surface area contributed by atoms with Crippen LogP contribution in [0.25, 0.3) is 0 Å². The summed E-state index contributed by atoms with van der Waals surface area (Å²) in [7, 11) is 0. The van der Waals surface area contributed by atoms with Crippen molar-refractivity contribution in [3.05, 3.63) is 42.0 Å². The Kier molecular flexibility index (Phi) is 3.57. The largest absolute Gasteiger partial charge is 0.389 e. The van der Waals surface area contributed by atoms with E-state index in [4.69, 9.17) is 18.0 Å². The highest BCUT2D eigenvalue weighted by Crippen LogP contribution is 2.19. The summed E-state index contributed by atoms with van der Waals surface area (Å²) in [5, 5.41) is 7.18. The van der Waals surface area contributed by atoms with Gasteiger partial charge >= 0.3 is 0 Å². The molecule has 0 atom stereocenters. The van der Waals surface area contributed by atoms with Gasteiger partial charge in [-0.1, -0.05) is 12.2 Å². The van der Waals surface area contributed by atoms with Gasteiger partial charge in [0.2, 0.25) is 0 Å². The predicted octanol–water partition coefficient (Wildman–Crippen LogP) is 2.42. The third-order valence-corrected chi connectivity index (χ3v) is 2.70. The third kappa shape index (κ3) is 2.65. The Labute approximate surface area is 110 Å². The van der Waals surface area contributed by atoms with Gasteiger partial charge in [-0.2, -0.15) is 5.10 Å². The second kappa shape index (κ2) is 5.14. The number of nitrogens with zero attached hydrogens (tertiary/aromatic N) is 2. The number of thiocarbonyl (C=S) groups is 1. The predicted molar refractivity (Wildman–Crippen MR) is 73.5 cm³/mol. The van der Waals surface area contributed by atoms with E-state index in [0.29, 0.717) is 5.69 Å². The Bertz CT molecular complexity index is 579. The van der Waals surface area contributed by atoms with E-state index in [1.54, 1.807) is 23.0 Å². The summed E-state index contributed by atoms with van der Waals surface area (Å²) >= 11 is 4.75. The first kappa shape index (κ1) is 12.5. The van der Waals surface area contributed by atoms with Crippen molar-refractivity contribution < 1.29 is 4.39 Å². The number of nitrogens with two attached hydrogens (primary N) is 1. The molecule has 18 heavy (non-hydrogen) atoms. The molecule has 0 bridgehead atoms. The SMILES string of the molecule is CCn1cc(Nc2ccc(C(N)=S)c(F)c2)cn1. The Morgan fingerprint density at radius 1 is 1.50 bits per heavy atom. The molecule has 3 N–H and O–H groups in total. The molecule has 0 radical (unpaired) electrons. The van der Waals surface area contributed by atoms with E-state index in [-0.39, 0.29) is 10.6 Å². The summed E-state index contributed by atoms with van der Waals surface area (Å²) in [4.78, 5) is 0.0536. The number of hydrogen-bond acceptors (Lipinski definition) is 3. The first-order valence-electron chi connectivity index (χ1n) is 5.49. The molecule has 0 fully saturated rings. The van der Waals surface area contributed by atoms with Crippen molar-refractivity contribution in [1.82, 2.24) is 9.78 Å². The Morgan fingerprint density at radius 2 is 2.28 bits per heavy atom. The van der Waals surface area contributed by atoms with Gasteiger partial charge in [0.15, 0.2) is 0 Å². The molecule has 0 unspecified atom stereocenters. The van der Waals surface area contributed by atoms with Crippen LogP contribution in [0.4, 0.5) is 15.8 Å². The molecule has 1 aromatic heterocycles. The summed E-state index contributed by atoms with van der Waals surface area (Å²) in [6.45, 7) is 2.78. The van der Waals surface area contributed by atoms with Crippen molar-refractivity contribution in [2.45, 2.75) is 13.5 Å². The van der Waals surface area contributed by atoms with Gasteiger partial charge in [0.05, 0.1) is 11.9 Å². The standard InChI is InChI=1S/C12H13FN4S/c1-2-17-7-9(6-15-17)16-8-3-4-10(12(14)18)11(13)5-8/h3-7,16H,2H2,1H3,(H2,14,18). The lowest BCUT2D eigenvalue weighted by Gasteiger charge is -2.06. The normalized spacial score (nSPS) is 10.3. The summed E-state index contributed by atoms with van der Waals surface area (Å²) in [5.41, 5.74) is 7.08. The van der Waals surface area contributed by atoms with E-state index in [0.717, 1.165) is 12.2 Å². The summed E-state index contributed by atoms with van der Waals surface area (Å²) in [6.07, 6.45) is 3.53. The maximum Gasteiger partial charge on any atom is 0.135 e. The van der Waals surface area contributed by atoms with Crippen LogP contribution in [0.5, 0.6) is 0 Å². The number of benzene rings is 1. The zero-order chi connectivity index (χ0) is 13.1. The fraction of sp³-hybridized carbons (Fsp3) is 0.167. The summed E-state index contributed by atoms with van der Waals surface area (Å²) in [6, 6.07) is 4.64. The van der Waals surface area contributed by atoms with Crippen LogP contribution in [0.1, 0.15) is 12.5 Å². The van der Waals surface area contributed by atoms with Crippen LogP contribution in [-0.2, 0) is 6.54 Å². The van der Waals surface area contributed by atoms with Crippen molar-refractivity contribution >= 4 is 28.6 Å². The second-order valence-corrected chi connectivity index (χ2v) is 4.21. The molecule has 0 aliphatic heterocycles. The number of aryl methyl sites for hydroxylation is 1. The minimum absolute atomic E-state index is 0.0536. The highest BCUT2D eigenvalue weighted by atomic mass is 32.1. The molecule has 0 saturated heterocycles. The molecule has 0 aliphatic carbocycles. The zero-order valence-corrected chi connectivity index (χ0v) is 10.7. The highest BCUT2D eigenvalue weighted by molar-refractivity contribution is 7.80. The fourth-order valence-electron chi connectivity index (χ4n) is 1.56. The monoisotopic (exact) mass is 264 g/mol. The van der Waals surface area contributed by atoms with Crippen molar-refractivity contribution in [1.29, 1.82) is 0 Å². The summed E-state index contributed by atoms with van der Waals surface area (Å²) < 4.78 is 15.4. The van der Waals surface area contributed by atoms with Crippen molar-refractivity contribution in [2.75, 3.05) is 5.32 Å². The number of aromatic nitrogens is 2. The van der Waals surface area contributed by atoms with Crippen LogP contribution in [0.15, 0.2) is 30.6 Å². The number of hydrogen-bond donors (Lipinski definition) is 2. The van der Waals surface area contributed by atoms with E-state index < -0.39 is 5.82 Å².